The minimum Gasteiger partial charge on any atom is -0.456 e. The fraction of sp³-hybridized carbons (Fsp3) is 0.188. The quantitative estimate of drug-likeness (QED) is 0.641. The van der Waals surface area contributed by atoms with Crippen molar-refractivity contribution in [2.75, 3.05) is 0 Å². The number of benzene rings is 2. The van der Waals surface area contributed by atoms with Gasteiger partial charge < -0.3 is 10.5 Å². The van der Waals surface area contributed by atoms with E-state index in [-0.39, 0.29) is 5.84 Å². The summed E-state index contributed by atoms with van der Waals surface area (Å²) in [5.74, 6) is 1.70. The average molecular weight is 289 g/mol. The zero-order valence-electron chi connectivity index (χ0n) is 11.5. The summed E-state index contributed by atoms with van der Waals surface area (Å²) < 4.78 is 5.89. The maximum absolute atomic E-state index is 7.39. The fourth-order valence-corrected chi connectivity index (χ4v) is 2.14. The second kappa shape index (κ2) is 5.97. The Morgan fingerprint density at radius 1 is 1.15 bits per heavy atom. The summed E-state index contributed by atoms with van der Waals surface area (Å²) in [6.07, 6.45) is 0. The Morgan fingerprint density at radius 2 is 1.85 bits per heavy atom. The van der Waals surface area contributed by atoms with E-state index in [1.54, 1.807) is 18.2 Å². The van der Waals surface area contributed by atoms with Crippen molar-refractivity contribution in [1.82, 2.24) is 0 Å². The number of nitrogens with one attached hydrogen (secondary N) is 1. The van der Waals surface area contributed by atoms with E-state index < -0.39 is 0 Å². The van der Waals surface area contributed by atoms with Gasteiger partial charge in [-0.05, 0) is 35.7 Å². The van der Waals surface area contributed by atoms with E-state index in [1.807, 2.05) is 24.3 Å². The van der Waals surface area contributed by atoms with Crippen LogP contribution in [0, 0.1) is 5.41 Å². The molecule has 2 aromatic rings. The molecule has 0 amide bonds. The van der Waals surface area contributed by atoms with E-state index in [9.17, 15) is 0 Å². The van der Waals surface area contributed by atoms with Crippen molar-refractivity contribution in [2.24, 2.45) is 5.73 Å². The van der Waals surface area contributed by atoms with Crippen molar-refractivity contribution in [3.05, 3.63) is 58.6 Å². The van der Waals surface area contributed by atoms with Gasteiger partial charge in [-0.25, -0.2) is 0 Å². The Hall–Kier alpha value is -2.00. The van der Waals surface area contributed by atoms with Gasteiger partial charge in [-0.3, -0.25) is 5.41 Å². The molecule has 2 aromatic carbocycles. The van der Waals surface area contributed by atoms with Crippen LogP contribution in [0.2, 0.25) is 5.02 Å². The standard InChI is InChI=1S/C16H17ClN2O/c1-10(2)12-5-3-4-6-14(12)20-15-8-7-11(16(18)19)9-13(15)17/h3-10H,1-2H3,(H3,18,19). The SMILES string of the molecule is CC(C)c1ccccc1Oc1ccc(C(=N)N)cc1Cl. The molecule has 2 rings (SSSR count). The van der Waals surface area contributed by atoms with Crippen molar-refractivity contribution in [3.63, 3.8) is 0 Å². The maximum atomic E-state index is 7.39. The second-order valence-corrected chi connectivity index (χ2v) is 5.26. The molecule has 20 heavy (non-hydrogen) atoms. The molecule has 0 saturated carbocycles. The van der Waals surface area contributed by atoms with Gasteiger partial charge in [0, 0.05) is 5.56 Å². The van der Waals surface area contributed by atoms with Crippen LogP contribution in [-0.4, -0.2) is 5.84 Å². The molecule has 0 atom stereocenters. The molecule has 0 radical (unpaired) electrons. The fourth-order valence-electron chi connectivity index (χ4n) is 1.92. The van der Waals surface area contributed by atoms with E-state index in [1.165, 1.54) is 0 Å². The predicted octanol–water partition coefficient (Wildman–Crippen LogP) is 4.54. The molecule has 3 N–H and O–H groups in total. The summed E-state index contributed by atoms with van der Waals surface area (Å²) in [6, 6.07) is 13.0. The van der Waals surface area contributed by atoms with Crippen LogP contribution >= 0.6 is 11.6 Å². The number of rotatable bonds is 4. The molecule has 4 heteroatoms. The third-order valence-electron chi connectivity index (χ3n) is 3.00. The van der Waals surface area contributed by atoms with Crippen LogP contribution in [0.4, 0.5) is 0 Å². The molecule has 0 bridgehead atoms. The van der Waals surface area contributed by atoms with Gasteiger partial charge in [-0.15, -0.1) is 0 Å². The lowest BCUT2D eigenvalue weighted by Crippen LogP contribution is -2.10. The first-order valence-corrected chi connectivity index (χ1v) is 6.77. The molecule has 0 aromatic heterocycles. The molecule has 3 nitrogen and oxygen atoms in total. The molecular weight excluding hydrogens is 272 g/mol. The van der Waals surface area contributed by atoms with Gasteiger partial charge in [0.05, 0.1) is 5.02 Å². The minimum atomic E-state index is -0.0129. The highest BCUT2D eigenvalue weighted by Gasteiger charge is 2.10. The molecule has 0 aliphatic carbocycles. The normalized spacial score (nSPS) is 10.6. The summed E-state index contributed by atoms with van der Waals surface area (Å²) in [5.41, 5.74) is 7.14. The molecule has 0 spiro atoms. The first-order chi connectivity index (χ1) is 9.49. The highest BCUT2D eigenvalue weighted by Crippen LogP contribution is 2.34. The Labute approximate surface area is 123 Å². The first-order valence-electron chi connectivity index (χ1n) is 6.39. The molecular formula is C16H17ClN2O. The van der Waals surface area contributed by atoms with E-state index in [0.717, 1.165) is 11.3 Å². The van der Waals surface area contributed by atoms with E-state index in [0.29, 0.717) is 22.3 Å². The van der Waals surface area contributed by atoms with Crippen LogP contribution in [0.3, 0.4) is 0 Å². The third-order valence-corrected chi connectivity index (χ3v) is 3.30. The van der Waals surface area contributed by atoms with E-state index in [4.69, 9.17) is 27.5 Å². The van der Waals surface area contributed by atoms with Crippen molar-refractivity contribution in [1.29, 1.82) is 5.41 Å². The lowest BCUT2D eigenvalue weighted by Gasteiger charge is -2.14. The van der Waals surface area contributed by atoms with Crippen molar-refractivity contribution >= 4 is 17.4 Å². The largest absolute Gasteiger partial charge is 0.456 e. The van der Waals surface area contributed by atoms with E-state index >= 15 is 0 Å². The van der Waals surface area contributed by atoms with Crippen LogP contribution in [0.15, 0.2) is 42.5 Å². The van der Waals surface area contributed by atoms with Crippen LogP contribution in [0.25, 0.3) is 0 Å². The lowest BCUT2D eigenvalue weighted by molar-refractivity contribution is 0.473. The van der Waals surface area contributed by atoms with Crippen molar-refractivity contribution < 1.29 is 4.74 Å². The summed E-state index contributed by atoms with van der Waals surface area (Å²) in [7, 11) is 0. The highest BCUT2D eigenvalue weighted by molar-refractivity contribution is 6.32. The van der Waals surface area contributed by atoms with E-state index in [2.05, 4.69) is 13.8 Å². The molecule has 0 aliphatic rings. The monoisotopic (exact) mass is 288 g/mol. The number of nitrogens with two attached hydrogens (primary N) is 1. The molecule has 0 aliphatic heterocycles. The molecule has 0 fully saturated rings. The third kappa shape index (κ3) is 3.11. The van der Waals surface area contributed by atoms with Gasteiger partial charge in [0.15, 0.2) is 0 Å². The Kier molecular flexibility index (Phi) is 4.30. The summed E-state index contributed by atoms with van der Waals surface area (Å²) in [4.78, 5) is 0. The number of nitrogen functional groups attached to an aromatic ring is 1. The minimum absolute atomic E-state index is 0.0129. The Balaban J connectivity index is 2.33. The zero-order valence-corrected chi connectivity index (χ0v) is 12.2. The molecule has 0 saturated heterocycles. The number of hydrogen-bond acceptors (Lipinski definition) is 2. The zero-order chi connectivity index (χ0) is 14.7. The topological polar surface area (TPSA) is 59.1 Å². The number of ether oxygens (including phenoxy) is 1. The molecule has 0 unspecified atom stereocenters. The lowest BCUT2D eigenvalue weighted by atomic mass is 10.0. The summed E-state index contributed by atoms with van der Waals surface area (Å²) >= 11 is 6.18. The van der Waals surface area contributed by atoms with Crippen LogP contribution in [0.5, 0.6) is 11.5 Å². The van der Waals surface area contributed by atoms with Crippen molar-refractivity contribution in [3.8, 4) is 11.5 Å². The Bertz CT molecular complexity index is 638. The van der Waals surface area contributed by atoms with Gasteiger partial charge in [0.2, 0.25) is 0 Å². The number of halogens is 1. The first kappa shape index (κ1) is 14.4. The van der Waals surface area contributed by atoms with Gasteiger partial charge in [0.25, 0.3) is 0 Å². The van der Waals surface area contributed by atoms with Crippen LogP contribution in [-0.2, 0) is 0 Å². The van der Waals surface area contributed by atoms with Crippen molar-refractivity contribution in [2.45, 2.75) is 19.8 Å². The van der Waals surface area contributed by atoms with Gasteiger partial charge >= 0.3 is 0 Å². The maximum Gasteiger partial charge on any atom is 0.146 e. The predicted molar refractivity (Wildman–Crippen MR) is 83.1 cm³/mol. The average Bonchev–Trinajstić information content (AvgIpc) is 2.41. The highest BCUT2D eigenvalue weighted by atomic mass is 35.5. The van der Waals surface area contributed by atoms with Crippen LogP contribution < -0.4 is 10.5 Å². The number of para-hydroxylation sites is 1. The number of amidine groups is 1. The van der Waals surface area contributed by atoms with Gasteiger partial charge in [-0.1, -0.05) is 43.6 Å². The second-order valence-electron chi connectivity index (χ2n) is 4.85. The molecule has 104 valence electrons. The van der Waals surface area contributed by atoms with Gasteiger partial charge in [0.1, 0.15) is 17.3 Å². The summed E-state index contributed by atoms with van der Waals surface area (Å²) in [5, 5.41) is 7.83. The summed E-state index contributed by atoms with van der Waals surface area (Å²) in [6.45, 7) is 4.23. The molecule has 0 heterocycles. The Morgan fingerprint density at radius 3 is 2.45 bits per heavy atom. The van der Waals surface area contributed by atoms with Crippen LogP contribution in [0.1, 0.15) is 30.9 Å². The van der Waals surface area contributed by atoms with Gasteiger partial charge in [-0.2, -0.15) is 0 Å². The smallest absolute Gasteiger partial charge is 0.146 e. The number of hydrogen-bond donors (Lipinski definition) is 2.